The standard InChI is InChI=1S/C7H6O2.C2H3N3O2/c8-7(9)6-4-2-1-3-5-6;6-1-3-2(7)5-4-1/h1-5H,(H,8,9);(H3,3,4,5,6,7). The van der Waals surface area contributed by atoms with Gasteiger partial charge in [-0.15, -0.1) is 0 Å². The van der Waals surface area contributed by atoms with Gasteiger partial charge in [0.2, 0.25) is 0 Å². The quantitative estimate of drug-likeness (QED) is 0.534. The van der Waals surface area contributed by atoms with Crippen molar-refractivity contribution in [1.29, 1.82) is 0 Å². The van der Waals surface area contributed by atoms with Crippen LogP contribution < -0.4 is 11.4 Å². The number of hydrogen-bond donors (Lipinski definition) is 4. The molecule has 16 heavy (non-hydrogen) atoms. The van der Waals surface area contributed by atoms with Gasteiger partial charge in [0.05, 0.1) is 5.56 Å². The van der Waals surface area contributed by atoms with Crippen molar-refractivity contribution in [3.05, 3.63) is 56.9 Å². The third kappa shape index (κ3) is 3.66. The number of hydrogen-bond acceptors (Lipinski definition) is 3. The Bertz CT molecular complexity index is 527. The highest BCUT2D eigenvalue weighted by molar-refractivity contribution is 5.87. The number of aromatic amines is 3. The molecule has 7 heteroatoms. The van der Waals surface area contributed by atoms with E-state index in [1.54, 1.807) is 30.3 Å². The number of rotatable bonds is 1. The zero-order valence-corrected chi connectivity index (χ0v) is 8.06. The summed E-state index contributed by atoms with van der Waals surface area (Å²) in [7, 11) is 0. The summed E-state index contributed by atoms with van der Waals surface area (Å²) in [5, 5.41) is 12.4. The average Bonchev–Trinajstić information content (AvgIpc) is 2.65. The van der Waals surface area contributed by atoms with Crippen molar-refractivity contribution in [1.82, 2.24) is 15.2 Å². The number of benzene rings is 1. The van der Waals surface area contributed by atoms with E-state index in [0.29, 0.717) is 5.56 Å². The molecule has 0 amide bonds. The van der Waals surface area contributed by atoms with Crippen molar-refractivity contribution in [3.8, 4) is 0 Å². The lowest BCUT2D eigenvalue weighted by molar-refractivity contribution is 0.0697. The predicted molar refractivity (Wildman–Crippen MR) is 55.4 cm³/mol. The predicted octanol–water partition coefficient (Wildman–Crippen LogP) is -0.224. The smallest absolute Gasteiger partial charge is 0.341 e. The lowest BCUT2D eigenvalue weighted by Gasteiger charge is -1.88. The van der Waals surface area contributed by atoms with Crippen molar-refractivity contribution in [2.24, 2.45) is 0 Å². The summed E-state index contributed by atoms with van der Waals surface area (Å²) in [4.78, 5) is 32.0. The summed E-state index contributed by atoms with van der Waals surface area (Å²) in [6.07, 6.45) is 0. The fourth-order valence-corrected chi connectivity index (χ4v) is 0.860. The van der Waals surface area contributed by atoms with Gasteiger partial charge in [0.15, 0.2) is 0 Å². The first-order valence-corrected chi connectivity index (χ1v) is 4.25. The fraction of sp³-hybridized carbons (Fsp3) is 0. The molecule has 0 radical (unpaired) electrons. The Labute approximate surface area is 88.8 Å². The lowest BCUT2D eigenvalue weighted by atomic mass is 10.2. The molecule has 0 bridgehead atoms. The van der Waals surface area contributed by atoms with E-state index in [0.717, 1.165) is 0 Å². The van der Waals surface area contributed by atoms with E-state index < -0.39 is 17.3 Å². The molecular weight excluding hydrogens is 214 g/mol. The minimum atomic E-state index is -0.879. The van der Waals surface area contributed by atoms with E-state index in [2.05, 4.69) is 0 Å². The number of carbonyl (C=O) groups is 1. The summed E-state index contributed by atoms with van der Waals surface area (Å²) in [6.45, 7) is 0. The molecule has 0 saturated heterocycles. The van der Waals surface area contributed by atoms with E-state index in [4.69, 9.17) is 5.11 Å². The highest BCUT2D eigenvalue weighted by Crippen LogP contribution is 1.96. The molecule has 4 N–H and O–H groups in total. The third-order valence-corrected chi connectivity index (χ3v) is 1.54. The molecule has 0 aliphatic heterocycles. The molecule has 1 aromatic carbocycles. The topological polar surface area (TPSA) is 119 Å². The van der Waals surface area contributed by atoms with Crippen LogP contribution in [0.15, 0.2) is 39.9 Å². The van der Waals surface area contributed by atoms with Crippen LogP contribution in [0.4, 0.5) is 0 Å². The first kappa shape index (κ1) is 11.5. The van der Waals surface area contributed by atoms with Crippen molar-refractivity contribution in [2.75, 3.05) is 0 Å². The number of aromatic nitrogens is 3. The van der Waals surface area contributed by atoms with Gasteiger partial charge in [-0.25, -0.2) is 24.6 Å². The summed E-state index contributed by atoms with van der Waals surface area (Å²) < 4.78 is 0. The number of nitrogens with one attached hydrogen (secondary N) is 3. The van der Waals surface area contributed by atoms with Crippen LogP contribution in [0.3, 0.4) is 0 Å². The largest absolute Gasteiger partial charge is 0.478 e. The average molecular weight is 223 g/mol. The van der Waals surface area contributed by atoms with Crippen LogP contribution in [0.5, 0.6) is 0 Å². The van der Waals surface area contributed by atoms with Crippen LogP contribution in [0.25, 0.3) is 0 Å². The summed E-state index contributed by atoms with van der Waals surface area (Å²) in [5.74, 6) is -0.879. The zero-order chi connectivity index (χ0) is 12.0. The van der Waals surface area contributed by atoms with Crippen molar-refractivity contribution >= 4 is 5.97 Å². The molecule has 0 atom stereocenters. The Morgan fingerprint density at radius 3 is 1.75 bits per heavy atom. The van der Waals surface area contributed by atoms with E-state index in [1.165, 1.54) is 0 Å². The maximum Gasteiger partial charge on any atom is 0.341 e. The second kappa shape index (κ2) is 5.35. The van der Waals surface area contributed by atoms with Gasteiger partial charge < -0.3 is 5.11 Å². The van der Waals surface area contributed by atoms with Crippen LogP contribution in [0, 0.1) is 0 Å². The number of aromatic carboxylic acids is 1. The van der Waals surface area contributed by atoms with Crippen LogP contribution in [-0.4, -0.2) is 26.3 Å². The molecule has 0 aliphatic carbocycles. The maximum atomic E-state index is 10.2. The molecular formula is C9H9N3O4. The Morgan fingerprint density at radius 1 is 1.00 bits per heavy atom. The Kier molecular flexibility index (Phi) is 3.84. The lowest BCUT2D eigenvalue weighted by Crippen LogP contribution is -2.07. The van der Waals surface area contributed by atoms with Gasteiger partial charge in [0, 0.05) is 0 Å². The molecule has 84 valence electrons. The molecule has 1 aromatic heterocycles. The highest BCUT2D eigenvalue weighted by Gasteiger charge is 1.96. The summed E-state index contributed by atoms with van der Waals surface area (Å²) in [6, 6.07) is 8.30. The number of H-pyrrole nitrogens is 3. The first-order valence-electron chi connectivity index (χ1n) is 4.25. The Balaban J connectivity index is 0.000000165. The molecule has 0 saturated carbocycles. The van der Waals surface area contributed by atoms with Crippen molar-refractivity contribution in [2.45, 2.75) is 0 Å². The van der Waals surface area contributed by atoms with Crippen LogP contribution in [0.2, 0.25) is 0 Å². The normalized spacial score (nSPS) is 9.00. The minimum absolute atomic E-state index is 0.331. The molecule has 0 spiro atoms. The fourth-order valence-electron chi connectivity index (χ4n) is 0.860. The van der Waals surface area contributed by atoms with Gasteiger partial charge in [-0.3, -0.25) is 4.98 Å². The van der Waals surface area contributed by atoms with E-state index >= 15 is 0 Å². The van der Waals surface area contributed by atoms with E-state index in [1.807, 2.05) is 15.2 Å². The molecule has 2 rings (SSSR count). The minimum Gasteiger partial charge on any atom is -0.478 e. The molecule has 0 aliphatic rings. The maximum absolute atomic E-state index is 10.2. The Hall–Kier alpha value is -2.57. The number of carboxylic acid groups (broad SMARTS) is 1. The molecule has 0 fully saturated rings. The molecule has 2 aromatic rings. The van der Waals surface area contributed by atoms with Crippen LogP contribution >= 0.6 is 0 Å². The second-order valence-corrected chi connectivity index (χ2v) is 2.70. The van der Waals surface area contributed by atoms with Crippen LogP contribution in [0.1, 0.15) is 10.4 Å². The summed E-state index contributed by atoms with van der Waals surface area (Å²) in [5.41, 5.74) is -0.687. The van der Waals surface area contributed by atoms with Gasteiger partial charge in [0.25, 0.3) is 0 Å². The highest BCUT2D eigenvalue weighted by atomic mass is 16.4. The zero-order valence-electron chi connectivity index (χ0n) is 8.06. The van der Waals surface area contributed by atoms with E-state index in [9.17, 15) is 14.4 Å². The van der Waals surface area contributed by atoms with Crippen LogP contribution in [-0.2, 0) is 0 Å². The first-order chi connectivity index (χ1) is 7.59. The van der Waals surface area contributed by atoms with Crippen molar-refractivity contribution < 1.29 is 9.90 Å². The molecule has 1 heterocycles. The monoisotopic (exact) mass is 223 g/mol. The third-order valence-electron chi connectivity index (χ3n) is 1.54. The SMILES string of the molecule is O=C(O)c1ccccc1.O=c1[nH][nH]c(=O)[nH]1. The van der Waals surface area contributed by atoms with Gasteiger partial charge in [-0.2, -0.15) is 0 Å². The number of carboxylic acids is 1. The molecule has 7 nitrogen and oxygen atoms in total. The second-order valence-electron chi connectivity index (χ2n) is 2.70. The Morgan fingerprint density at radius 2 is 1.50 bits per heavy atom. The van der Waals surface area contributed by atoms with Gasteiger partial charge in [-0.1, -0.05) is 18.2 Å². The van der Waals surface area contributed by atoms with Gasteiger partial charge in [-0.05, 0) is 12.1 Å². The summed E-state index contributed by atoms with van der Waals surface area (Å²) >= 11 is 0. The van der Waals surface area contributed by atoms with Crippen molar-refractivity contribution in [3.63, 3.8) is 0 Å². The van der Waals surface area contributed by atoms with Gasteiger partial charge in [0.1, 0.15) is 0 Å². The van der Waals surface area contributed by atoms with Gasteiger partial charge >= 0.3 is 17.3 Å². The molecule has 0 unspecified atom stereocenters. The van der Waals surface area contributed by atoms with E-state index in [-0.39, 0.29) is 0 Å².